The molecule has 1 aliphatic rings. The SMILES string of the molecule is Cc1cccc(C(N)c2ccc3c(c2)NC(=O)CO3)c1Cl. The minimum absolute atomic E-state index is 0.0438. The number of hydrogen-bond donors (Lipinski definition) is 2. The Morgan fingerprint density at radius 2 is 2.14 bits per heavy atom. The van der Waals surface area contributed by atoms with Crippen LogP contribution in [-0.4, -0.2) is 12.5 Å². The lowest BCUT2D eigenvalue weighted by atomic mass is 9.97. The first kappa shape index (κ1) is 13.9. The van der Waals surface area contributed by atoms with E-state index in [-0.39, 0.29) is 18.6 Å². The monoisotopic (exact) mass is 302 g/mol. The topological polar surface area (TPSA) is 64.3 Å². The van der Waals surface area contributed by atoms with Gasteiger partial charge in [-0.3, -0.25) is 4.79 Å². The fourth-order valence-electron chi connectivity index (χ4n) is 2.38. The number of anilines is 1. The fourth-order valence-corrected chi connectivity index (χ4v) is 2.63. The number of carbonyl (C=O) groups is 1. The van der Waals surface area contributed by atoms with Gasteiger partial charge in [-0.15, -0.1) is 0 Å². The maximum absolute atomic E-state index is 11.4. The lowest BCUT2D eigenvalue weighted by Gasteiger charge is -2.21. The normalized spacial score (nSPS) is 14.9. The molecule has 0 aliphatic carbocycles. The number of hydrogen-bond acceptors (Lipinski definition) is 3. The van der Waals surface area contributed by atoms with Crippen LogP contribution in [0.1, 0.15) is 22.7 Å². The van der Waals surface area contributed by atoms with Crippen molar-refractivity contribution in [1.82, 2.24) is 0 Å². The van der Waals surface area contributed by atoms with Crippen molar-refractivity contribution >= 4 is 23.2 Å². The molecule has 3 rings (SSSR count). The standard InChI is InChI=1S/C16H15ClN2O2/c1-9-3-2-4-11(15(9)17)16(18)10-5-6-13-12(7-10)19-14(20)8-21-13/h2-7,16H,8,18H2,1H3,(H,19,20). The van der Waals surface area contributed by atoms with Gasteiger partial charge in [0, 0.05) is 5.02 Å². The maximum Gasteiger partial charge on any atom is 0.262 e. The van der Waals surface area contributed by atoms with Gasteiger partial charge in [-0.05, 0) is 35.7 Å². The van der Waals surface area contributed by atoms with E-state index in [2.05, 4.69) is 5.32 Å². The lowest BCUT2D eigenvalue weighted by molar-refractivity contribution is -0.118. The van der Waals surface area contributed by atoms with Crippen LogP contribution in [0.25, 0.3) is 0 Å². The first-order chi connectivity index (χ1) is 10.1. The van der Waals surface area contributed by atoms with Gasteiger partial charge in [-0.2, -0.15) is 0 Å². The van der Waals surface area contributed by atoms with E-state index in [9.17, 15) is 4.79 Å². The summed E-state index contributed by atoms with van der Waals surface area (Å²) in [7, 11) is 0. The van der Waals surface area contributed by atoms with E-state index >= 15 is 0 Å². The highest BCUT2D eigenvalue weighted by Gasteiger charge is 2.19. The van der Waals surface area contributed by atoms with Crippen molar-refractivity contribution in [3.63, 3.8) is 0 Å². The molecule has 0 spiro atoms. The van der Waals surface area contributed by atoms with Crippen LogP contribution in [0.2, 0.25) is 5.02 Å². The van der Waals surface area contributed by atoms with Crippen molar-refractivity contribution in [3.8, 4) is 5.75 Å². The number of carbonyl (C=O) groups excluding carboxylic acids is 1. The Balaban J connectivity index is 1.98. The number of rotatable bonds is 2. The molecule has 0 fully saturated rings. The van der Waals surface area contributed by atoms with Crippen LogP contribution >= 0.6 is 11.6 Å². The van der Waals surface area contributed by atoms with Crippen molar-refractivity contribution in [2.75, 3.05) is 11.9 Å². The number of halogens is 1. The van der Waals surface area contributed by atoms with Gasteiger partial charge in [-0.1, -0.05) is 35.9 Å². The summed E-state index contributed by atoms with van der Waals surface area (Å²) in [5.74, 6) is 0.489. The van der Waals surface area contributed by atoms with Crippen molar-refractivity contribution < 1.29 is 9.53 Å². The number of nitrogens with one attached hydrogen (secondary N) is 1. The van der Waals surface area contributed by atoms with Crippen LogP contribution in [-0.2, 0) is 4.79 Å². The van der Waals surface area contributed by atoms with E-state index in [4.69, 9.17) is 22.1 Å². The van der Waals surface area contributed by atoms with Crippen LogP contribution in [0.3, 0.4) is 0 Å². The smallest absolute Gasteiger partial charge is 0.262 e. The number of ether oxygens (including phenoxy) is 1. The van der Waals surface area contributed by atoms with Gasteiger partial charge in [0.25, 0.3) is 5.91 Å². The summed E-state index contributed by atoms with van der Waals surface area (Å²) in [6, 6.07) is 11.0. The van der Waals surface area contributed by atoms with E-state index in [1.807, 2.05) is 43.3 Å². The Kier molecular flexibility index (Phi) is 3.57. The van der Waals surface area contributed by atoms with Crippen LogP contribution in [0.5, 0.6) is 5.75 Å². The molecule has 5 heteroatoms. The Morgan fingerprint density at radius 3 is 2.95 bits per heavy atom. The van der Waals surface area contributed by atoms with Crippen LogP contribution < -0.4 is 15.8 Å². The summed E-state index contributed by atoms with van der Waals surface area (Å²) in [6.07, 6.45) is 0. The molecule has 2 aromatic carbocycles. The van der Waals surface area contributed by atoms with Gasteiger partial charge >= 0.3 is 0 Å². The quantitative estimate of drug-likeness (QED) is 0.896. The van der Waals surface area contributed by atoms with Gasteiger partial charge < -0.3 is 15.8 Å². The highest BCUT2D eigenvalue weighted by Crippen LogP contribution is 2.34. The van der Waals surface area contributed by atoms with E-state index in [1.165, 1.54) is 0 Å². The molecule has 4 nitrogen and oxygen atoms in total. The van der Waals surface area contributed by atoms with Gasteiger partial charge in [0.05, 0.1) is 11.7 Å². The van der Waals surface area contributed by atoms with Gasteiger partial charge in [-0.25, -0.2) is 0 Å². The predicted molar refractivity (Wildman–Crippen MR) is 82.8 cm³/mol. The highest BCUT2D eigenvalue weighted by atomic mass is 35.5. The molecule has 1 atom stereocenters. The van der Waals surface area contributed by atoms with Gasteiger partial charge in [0.2, 0.25) is 0 Å². The van der Waals surface area contributed by atoms with E-state index in [0.29, 0.717) is 16.5 Å². The number of benzene rings is 2. The number of amides is 1. The minimum atomic E-state index is -0.360. The van der Waals surface area contributed by atoms with Crippen LogP contribution in [0.4, 0.5) is 5.69 Å². The van der Waals surface area contributed by atoms with Crippen LogP contribution in [0.15, 0.2) is 36.4 Å². The summed E-state index contributed by atoms with van der Waals surface area (Å²) < 4.78 is 5.34. The molecule has 0 radical (unpaired) electrons. The zero-order valence-corrected chi connectivity index (χ0v) is 12.3. The summed E-state index contributed by atoms with van der Waals surface area (Å²) in [4.78, 5) is 11.4. The van der Waals surface area contributed by atoms with E-state index < -0.39 is 0 Å². The molecule has 108 valence electrons. The molecule has 21 heavy (non-hydrogen) atoms. The van der Waals surface area contributed by atoms with Crippen molar-refractivity contribution in [3.05, 3.63) is 58.1 Å². The number of nitrogens with two attached hydrogens (primary N) is 1. The zero-order chi connectivity index (χ0) is 15.0. The van der Waals surface area contributed by atoms with Crippen molar-refractivity contribution in [2.24, 2.45) is 5.73 Å². The Labute approximate surface area is 127 Å². The largest absolute Gasteiger partial charge is 0.482 e. The molecule has 0 aromatic heterocycles. The summed E-state index contributed by atoms with van der Waals surface area (Å²) in [5.41, 5.74) is 9.67. The average molecular weight is 303 g/mol. The van der Waals surface area contributed by atoms with Crippen LogP contribution in [0, 0.1) is 6.92 Å². The zero-order valence-electron chi connectivity index (χ0n) is 11.5. The second-order valence-electron chi connectivity index (χ2n) is 5.05. The summed E-state index contributed by atoms with van der Waals surface area (Å²) in [6.45, 7) is 1.99. The van der Waals surface area contributed by atoms with Crippen molar-refractivity contribution in [2.45, 2.75) is 13.0 Å². The Bertz CT molecular complexity index is 715. The molecule has 1 aliphatic heterocycles. The molecule has 1 unspecified atom stereocenters. The molecule has 0 saturated carbocycles. The predicted octanol–water partition coefficient (Wildman–Crippen LogP) is 3.03. The molecule has 1 heterocycles. The molecule has 1 amide bonds. The van der Waals surface area contributed by atoms with E-state index in [0.717, 1.165) is 16.7 Å². The highest BCUT2D eigenvalue weighted by molar-refractivity contribution is 6.32. The van der Waals surface area contributed by atoms with Gasteiger partial charge in [0.15, 0.2) is 6.61 Å². The molecular weight excluding hydrogens is 288 g/mol. The summed E-state index contributed by atoms with van der Waals surface area (Å²) in [5, 5.41) is 3.45. The fraction of sp³-hybridized carbons (Fsp3) is 0.188. The first-order valence-corrected chi connectivity index (χ1v) is 7.01. The Hall–Kier alpha value is -2.04. The molecule has 0 saturated heterocycles. The first-order valence-electron chi connectivity index (χ1n) is 6.63. The second kappa shape index (κ2) is 5.39. The average Bonchev–Trinajstić information content (AvgIpc) is 2.48. The third kappa shape index (κ3) is 2.60. The molecule has 2 aromatic rings. The third-order valence-corrected chi connectivity index (χ3v) is 4.07. The number of aryl methyl sites for hydroxylation is 1. The lowest BCUT2D eigenvalue weighted by Crippen LogP contribution is -2.25. The van der Waals surface area contributed by atoms with Gasteiger partial charge in [0.1, 0.15) is 5.75 Å². The van der Waals surface area contributed by atoms with E-state index in [1.54, 1.807) is 0 Å². The number of fused-ring (bicyclic) bond motifs is 1. The minimum Gasteiger partial charge on any atom is -0.482 e. The Morgan fingerprint density at radius 1 is 1.33 bits per heavy atom. The molecular formula is C16H15ClN2O2. The molecule has 0 bridgehead atoms. The maximum atomic E-state index is 11.4. The third-order valence-electron chi connectivity index (χ3n) is 3.55. The second-order valence-corrected chi connectivity index (χ2v) is 5.43. The van der Waals surface area contributed by atoms with Crippen molar-refractivity contribution in [1.29, 1.82) is 0 Å². The molecule has 3 N–H and O–H groups in total. The summed E-state index contributed by atoms with van der Waals surface area (Å²) >= 11 is 6.33.